The Kier molecular flexibility index (Phi) is 11.0. The number of rotatable bonds is 6. The van der Waals surface area contributed by atoms with Crippen molar-refractivity contribution in [2.45, 2.75) is 62.6 Å². The molecule has 0 radical (unpaired) electrons. The van der Waals surface area contributed by atoms with Gasteiger partial charge in [-0.25, -0.2) is 10.1 Å². The molecule has 18 heavy (non-hydrogen) atoms. The highest BCUT2D eigenvalue weighted by Crippen LogP contribution is 2.26. The molecule has 106 valence electrons. The molecule has 1 rings (SSSR count). The zero-order valence-electron chi connectivity index (χ0n) is 11.3. The van der Waals surface area contributed by atoms with Crippen molar-refractivity contribution in [1.29, 1.82) is 0 Å². The minimum Gasteiger partial charge on any atom is -0.250 e. The van der Waals surface area contributed by atoms with E-state index in [1.807, 2.05) is 6.08 Å². The van der Waals surface area contributed by atoms with Crippen LogP contribution in [0.2, 0.25) is 0 Å². The van der Waals surface area contributed by atoms with Crippen molar-refractivity contribution in [2.24, 2.45) is 0 Å². The topological polar surface area (TPSA) is 29.5 Å². The van der Waals surface area contributed by atoms with Crippen molar-refractivity contribution in [3.8, 4) is 0 Å². The molecule has 0 unspecified atom stereocenters. The Labute approximate surface area is 122 Å². The van der Waals surface area contributed by atoms with Gasteiger partial charge in [-0.3, -0.25) is 0 Å². The van der Waals surface area contributed by atoms with Gasteiger partial charge in [-0.05, 0) is 38.5 Å². The fourth-order valence-electron chi connectivity index (χ4n) is 1.70. The lowest BCUT2D eigenvalue weighted by Crippen LogP contribution is -2.15. The standard InChI is InChI=1S/C8H12.C6H14O2S2/c1-2-8-6-4-3-5-7-8;1-2-3-4-5-6(9,10)8-7/h2,6H,1,3-5,7H2;7,9-10H,2-5H2,1H3. The van der Waals surface area contributed by atoms with Crippen molar-refractivity contribution in [3.63, 3.8) is 0 Å². The normalized spacial score (nSPS) is 15.4. The molecule has 0 aromatic heterocycles. The van der Waals surface area contributed by atoms with Gasteiger partial charge in [0.2, 0.25) is 0 Å². The van der Waals surface area contributed by atoms with Gasteiger partial charge in [-0.2, -0.15) is 0 Å². The monoisotopic (exact) mass is 290 g/mol. The Morgan fingerprint density at radius 1 is 1.44 bits per heavy atom. The molecule has 1 aliphatic carbocycles. The molecule has 0 saturated heterocycles. The quantitative estimate of drug-likeness (QED) is 0.205. The van der Waals surface area contributed by atoms with Gasteiger partial charge >= 0.3 is 0 Å². The fraction of sp³-hybridized carbons (Fsp3) is 0.714. The fourth-order valence-corrected chi connectivity index (χ4v) is 2.02. The van der Waals surface area contributed by atoms with Crippen LogP contribution in [0.25, 0.3) is 0 Å². The van der Waals surface area contributed by atoms with Crippen LogP contribution in [0.1, 0.15) is 58.3 Å². The van der Waals surface area contributed by atoms with Crippen LogP contribution in [0.4, 0.5) is 0 Å². The van der Waals surface area contributed by atoms with Crippen LogP contribution >= 0.6 is 25.3 Å². The van der Waals surface area contributed by atoms with Crippen molar-refractivity contribution in [3.05, 3.63) is 24.3 Å². The predicted octanol–water partition coefficient (Wildman–Crippen LogP) is 5.24. The number of hydrogen-bond donors (Lipinski definition) is 3. The Hall–Kier alpha value is 0.1000. The summed E-state index contributed by atoms with van der Waals surface area (Å²) in [6, 6.07) is 0. The van der Waals surface area contributed by atoms with Crippen LogP contribution in [0, 0.1) is 0 Å². The molecule has 0 saturated carbocycles. The van der Waals surface area contributed by atoms with Gasteiger partial charge in [0, 0.05) is 0 Å². The molecule has 4 heteroatoms. The van der Waals surface area contributed by atoms with E-state index in [2.05, 4.69) is 49.7 Å². The van der Waals surface area contributed by atoms with E-state index in [9.17, 15) is 0 Å². The lowest BCUT2D eigenvalue weighted by molar-refractivity contribution is -0.265. The third-order valence-corrected chi connectivity index (χ3v) is 3.45. The molecule has 1 aliphatic rings. The zero-order chi connectivity index (χ0) is 13.9. The van der Waals surface area contributed by atoms with E-state index in [1.165, 1.54) is 31.3 Å². The SMILES string of the molecule is C=CC1=CCCCC1.CCCCCC(S)(S)OO. The zero-order valence-corrected chi connectivity index (χ0v) is 13.1. The van der Waals surface area contributed by atoms with Crippen molar-refractivity contribution >= 4 is 25.3 Å². The van der Waals surface area contributed by atoms with Crippen LogP contribution in [0.3, 0.4) is 0 Å². The van der Waals surface area contributed by atoms with E-state index in [4.69, 9.17) is 5.26 Å². The molecule has 0 bridgehead atoms. The first-order valence-electron chi connectivity index (χ1n) is 6.64. The smallest absolute Gasteiger partial charge is 0.189 e. The minimum atomic E-state index is -0.963. The molecule has 1 N–H and O–H groups in total. The number of unbranched alkanes of at least 4 members (excludes halogenated alkanes) is 2. The molecule has 0 aliphatic heterocycles. The molecule has 2 nitrogen and oxygen atoms in total. The summed E-state index contributed by atoms with van der Waals surface area (Å²) >= 11 is 7.90. The average molecular weight is 290 g/mol. The highest BCUT2D eigenvalue weighted by atomic mass is 32.2. The molecule has 0 atom stereocenters. The van der Waals surface area contributed by atoms with E-state index in [-0.39, 0.29) is 0 Å². The van der Waals surface area contributed by atoms with Gasteiger partial charge in [-0.15, -0.1) is 25.3 Å². The summed E-state index contributed by atoms with van der Waals surface area (Å²) in [4.78, 5) is 4.01. The molecular formula is C14H26O2S2. The second kappa shape index (κ2) is 11.0. The van der Waals surface area contributed by atoms with Crippen LogP contribution in [0.5, 0.6) is 0 Å². The van der Waals surface area contributed by atoms with Crippen LogP contribution in [-0.4, -0.2) is 9.52 Å². The summed E-state index contributed by atoms with van der Waals surface area (Å²) in [7, 11) is 0. The third kappa shape index (κ3) is 10.1. The van der Waals surface area contributed by atoms with Gasteiger partial charge in [0.1, 0.15) is 0 Å². The van der Waals surface area contributed by atoms with Gasteiger partial charge in [0.05, 0.1) is 0 Å². The molecule has 0 spiro atoms. The summed E-state index contributed by atoms with van der Waals surface area (Å²) < 4.78 is -0.963. The maximum atomic E-state index is 8.24. The summed E-state index contributed by atoms with van der Waals surface area (Å²) in [5.41, 5.74) is 1.44. The van der Waals surface area contributed by atoms with E-state index >= 15 is 0 Å². The lowest BCUT2D eigenvalue weighted by atomic mass is 10.0. The van der Waals surface area contributed by atoms with Crippen LogP contribution in [-0.2, 0) is 4.89 Å². The first-order chi connectivity index (χ1) is 8.55. The van der Waals surface area contributed by atoms with Gasteiger partial charge < -0.3 is 0 Å². The van der Waals surface area contributed by atoms with Crippen molar-refractivity contribution in [1.82, 2.24) is 0 Å². The van der Waals surface area contributed by atoms with Gasteiger partial charge in [0.25, 0.3) is 0 Å². The maximum absolute atomic E-state index is 8.24. The first-order valence-corrected chi connectivity index (χ1v) is 7.54. The summed E-state index contributed by atoms with van der Waals surface area (Å²) in [6.07, 6.45) is 13.4. The summed E-state index contributed by atoms with van der Waals surface area (Å²) in [5.74, 6) is 0. The van der Waals surface area contributed by atoms with Crippen LogP contribution in [0.15, 0.2) is 24.3 Å². The Morgan fingerprint density at radius 3 is 2.56 bits per heavy atom. The van der Waals surface area contributed by atoms with E-state index in [0.29, 0.717) is 6.42 Å². The molecule has 0 fully saturated rings. The number of thiol groups is 2. The molecule has 0 aromatic carbocycles. The van der Waals surface area contributed by atoms with Crippen molar-refractivity contribution < 1.29 is 10.1 Å². The van der Waals surface area contributed by atoms with Gasteiger partial charge in [-0.1, -0.05) is 44.1 Å². The Morgan fingerprint density at radius 2 is 2.17 bits per heavy atom. The maximum Gasteiger partial charge on any atom is 0.189 e. The molecule has 0 amide bonds. The molecule has 0 heterocycles. The van der Waals surface area contributed by atoms with Crippen molar-refractivity contribution in [2.75, 3.05) is 0 Å². The lowest BCUT2D eigenvalue weighted by Gasteiger charge is -2.17. The second-order valence-corrected chi connectivity index (χ2v) is 6.32. The van der Waals surface area contributed by atoms with E-state index in [0.717, 1.165) is 19.3 Å². The highest BCUT2D eigenvalue weighted by molar-refractivity contribution is 8.00. The summed E-state index contributed by atoms with van der Waals surface area (Å²) in [6.45, 7) is 5.83. The van der Waals surface area contributed by atoms with Gasteiger partial charge in [0.15, 0.2) is 4.27 Å². The van der Waals surface area contributed by atoms with E-state index in [1.54, 1.807) is 0 Å². The Balaban J connectivity index is 0.000000327. The third-order valence-electron chi connectivity index (χ3n) is 2.84. The van der Waals surface area contributed by atoms with E-state index < -0.39 is 4.27 Å². The second-order valence-electron chi connectivity index (χ2n) is 4.52. The summed E-state index contributed by atoms with van der Waals surface area (Å²) in [5, 5.41) is 8.24. The van der Waals surface area contributed by atoms with Crippen LogP contribution < -0.4 is 0 Å². The molecule has 0 aromatic rings. The highest BCUT2D eigenvalue weighted by Gasteiger charge is 2.19. The first kappa shape index (κ1) is 18.1. The minimum absolute atomic E-state index is 0.656. The Bertz CT molecular complexity index is 250. The predicted molar refractivity (Wildman–Crippen MR) is 85.3 cm³/mol. The number of allylic oxidation sites excluding steroid dienone is 3. The largest absolute Gasteiger partial charge is 0.250 e. The molecular weight excluding hydrogens is 264 g/mol. The average Bonchev–Trinajstić information content (AvgIpc) is 2.40. The number of hydrogen-bond acceptors (Lipinski definition) is 4.